The minimum absolute atomic E-state index is 0.0157. The van der Waals surface area contributed by atoms with Gasteiger partial charge in [0.2, 0.25) is 0 Å². The van der Waals surface area contributed by atoms with Crippen molar-refractivity contribution in [1.29, 1.82) is 0 Å². The minimum Gasteiger partial charge on any atom is -0.296 e. The van der Waals surface area contributed by atoms with Gasteiger partial charge in [-0.1, -0.05) is 31.2 Å². The van der Waals surface area contributed by atoms with Crippen molar-refractivity contribution in [3.05, 3.63) is 35.4 Å². The highest BCUT2D eigenvalue weighted by atomic mass is 16.1. The van der Waals surface area contributed by atoms with Crippen LogP contribution in [0.3, 0.4) is 0 Å². The summed E-state index contributed by atoms with van der Waals surface area (Å²) in [6.07, 6.45) is 3.68. The number of nitrogens with zero attached hydrogens (tertiary/aromatic N) is 1. The topological polar surface area (TPSA) is 20.3 Å². The smallest absolute Gasteiger partial charge is 0.179 e. The van der Waals surface area contributed by atoms with Crippen LogP contribution in [-0.2, 0) is 6.42 Å². The number of hydrogen-bond donors (Lipinski definition) is 0. The maximum Gasteiger partial charge on any atom is 0.179 e. The van der Waals surface area contributed by atoms with Gasteiger partial charge in [0, 0.05) is 12.1 Å². The van der Waals surface area contributed by atoms with Crippen LogP contribution in [-0.4, -0.2) is 30.3 Å². The Kier molecular flexibility index (Phi) is 4.18. The molecule has 0 amide bonds. The normalized spacial score (nSPS) is 16.9. The maximum atomic E-state index is 12.3. The zero-order chi connectivity index (χ0) is 13.1. The van der Waals surface area contributed by atoms with E-state index in [0.29, 0.717) is 0 Å². The Morgan fingerprint density at radius 2 is 1.94 bits per heavy atom. The van der Waals surface area contributed by atoms with Gasteiger partial charge in [-0.25, -0.2) is 0 Å². The molecule has 1 aliphatic rings. The molecule has 0 saturated heterocycles. The molecule has 0 radical (unpaired) electrons. The van der Waals surface area contributed by atoms with Crippen molar-refractivity contribution in [2.24, 2.45) is 5.92 Å². The summed E-state index contributed by atoms with van der Waals surface area (Å²) in [5, 5.41) is 0. The van der Waals surface area contributed by atoms with Crippen molar-refractivity contribution in [2.75, 3.05) is 13.6 Å². The van der Waals surface area contributed by atoms with E-state index in [9.17, 15) is 4.79 Å². The molecule has 98 valence electrons. The van der Waals surface area contributed by atoms with Crippen molar-refractivity contribution in [1.82, 2.24) is 4.90 Å². The molecular weight excluding hydrogens is 222 g/mol. The highest BCUT2D eigenvalue weighted by molar-refractivity contribution is 5.99. The lowest BCUT2D eigenvalue weighted by Crippen LogP contribution is -2.37. The summed E-state index contributed by atoms with van der Waals surface area (Å²) in [6, 6.07) is 8.02. The summed E-state index contributed by atoms with van der Waals surface area (Å²) in [5.74, 6) is 1.06. The molecule has 0 heterocycles. The molecule has 0 bridgehead atoms. The summed E-state index contributed by atoms with van der Waals surface area (Å²) >= 11 is 0. The van der Waals surface area contributed by atoms with E-state index in [1.54, 1.807) is 0 Å². The second-order valence-corrected chi connectivity index (χ2v) is 5.47. The van der Waals surface area contributed by atoms with Gasteiger partial charge in [0.25, 0.3) is 0 Å². The molecule has 1 atom stereocenters. The number of ketones is 1. The number of carbonyl (C=O) groups excluding carboxylic acids is 1. The lowest BCUT2D eigenvalue weighted by molar-refractivity contribution is 0.0864. The van der Waals surface area contributed by atoms with Crippen LogP contribution in [0.2, 0.25) is 0 Å². The molecule has 1 fully saturated rings. The Bertz CT molecular complexity index is 406. The number of benzene rings is 1. The predicted octanol–water partition coefficient (Wildman–Crippen LogP) is 3.16. The molecule has 1 aliphatic carbocycles. The van der Waals surface area contributed by atoms with Crippen LogP contribution in [0.5, 0.6) is 0 Å². The lowest BCUT2D eigenvalue weighted by atomic mass is 10.0. The van der Waals surface area contributed by atoms with Crippen LogP contribution >= 0.6 is 0 Å². The van der Waals surface area contributed by atoms with Crippen LogP contribution in [0.1, 0.15) is 42.6 Å². The SMILES string of the molecule is CCc1ccc(C(=O)C(C)N(C)CC2CC2)cc1. The monoisotopic (exact) mass is 245 g/mol. The van der Waals surface area contributed by atoms with Gasteiger partial charge in [0.1, 0.15) is 0 Å². The van der Waals surface area contributed by atoms with Crippen LogP contribution < -0.4 is 0 Å². The molecule has 1 saturated carbocycles. The van der Waals surface area contributed by atoms with Gasteiger partial charge in [-0.2, -0.15) is 0 Å². The van der Waals surface area contributed by atoms with E-state index in [2.05, 4.69) is 31.0 Å². The number of hydrogen-bond acceptors (Lipinski definition) is 2. The predicted molar refractivity (Wildman–Crippen MR) is 75.0 cm³/mol. The fourth-order valence-electron chi connectivity index (χ4n) is 2.21. The zero-order valence-corrected chi connectivity index (χ0v) is 11.6. The third-order valence-electron chi connectivity index (χ3n) is 3.93. The largest absolute Gasteiger partial charge is 0.296 e. The summed E-state index contributed by atoms with van der Waals surface area (Å²) in [7, 11) is 2.06. The number of rotatable bonds is 6. The Morgan fingerprint density at radius 3 is 2.44 bits per heavy atom. The molecule has 1 aromatic carbocycles. The lowest BCUT2D eigenvalue weighted by Gasteiger charge is -2.23. The number of likely N-dealkylation sites (N-methyl/N-ethyl adjacent to an activating group) is 1. The molecule has 18 heavy (non-hydrogen) atoms. The molecule has 0 N–H and O–H groups in total. The molecule has 2 heteroatoms. The van der Waals surface area contributed by atoms with Crippen molar-refractivity contribution in [3.8, 4) is 0 Å². The first-order valence-electron chi connectivity index (χ1n) is 6.95. The van der Waals surface area contributed by atoms with E-state index < -0.39 is 0 Å². The van der Waals surface area contributed by atoms with E-state index in [-0.39, 0.29) is 11.8 Å². The number of aryl methyl sites for hydroxylation is 1. The number of carbonyl (C=O) groups is 1. The van der Waals surface area contributed by atoms with Crippen LogP contribution in [0, 0.1) is 5.92 Å². The zero-order valence-electron chi connectivity index (χ0n) is 11.6. The van der Waals surface area contributed by atoms with Crippen LogP contribution in [0.25, 0.3) is 0 Å². The van der Waals surface area contributed by atoms with E-state index in [1.165, 1.54) is 18.4 Å². The molecule has 2 rings (SSSR count). The second kappa shape index (κ2) is 5.66. The fraction of sp³-hybridized carbons (Fsp3) is 0.562. The summed E-state index contributed by atoms with van der Waals surface area (Å²) in [6.45, 7) is 5.20. The fourth-order valence-corrected chi connectivity index (χ4v) is 2.21. The highest BCUT2D eigenvalue weighted by Gasteiger charge is 2.27. The third kappa shape index (κ3) is 3.20. The van der Waals surface area contributed by atoms with Crippen molar-refractivity contribution >= 4 is 5.78 Å². The Labute approximate surface area is 110 Å². The Hall–Kier alpha value is -1.15. The highest BCUT2D eigenvalue weighted by Crippen LogP contribution is 2.30. The van der Waals surface area contributed by atoms with Crippen LogP contribution in [0.15, 0.2) is 24.3 Å². The molecule has 0 aliphatic heterocycles. The third-order valence-corrected chi connectivity index (χ3v) is 3.93. The van der Waals surface area contributed by atoms with Crippen molar-refractivity contribution in [3.63, 3.8) is 0 Å². The first-order chi connectivity index (χ1) is 8.61. The molecule has 0 aromatic heterocycles. The van der Waals surface area contributed by atoms with Gasteiger partial charge in [-0.05, 0) is 44.7 Å². The van der Waals surface area contributed by atoms with E-state index >= 15 is 0 Å². The summed E-state index contributed by atoms with van der Waals surface area (Å²) in [4.78, 5) is 14.5. The maximum absolute atomic E-state index is 12.3. The van der Waals surface area contributed by atoms with Gasteiger partial charge < -0.3 is 0 Å². The Balaban J connectivity index is 1.99. The van der Waals surface area contributed by atoms with E-state index in [4.69, 9.17) is 0 Å². The average molecular weight is 245 g/mol. The van der Waals surface area contributed by atoms with Gasteiger partial charge >= 0.3 is 0 Å². The summed E-state index contributed by atoms with van der Waals surface area (Å²) in [5.41, 5.74) is 2.12. The average Bonchev–Trinajstić information content (AvgIpc) is 3.21. The number of Topliss-reactive ketones (excluding diaryl/α,β-unsaturated/α-hetero) is 1. The first kappa shape index (κ1) is 13.3. The van der Waals surface area contributed by atoms with Crippen molar-refractivity contribution in [2.45, 2.75) is 39.2 Å². The second-order valence-electron chi connectivity index (χ2n) is 5.47. The van der Waals surface area contributed by atoms with Gasteiger partial charge in [-0.15, -0.1) is 0 Å². The first-order valence-corrected chi connectivity index (χ1v) is 6.95. The molecule has 1 aromatic rings. The van der Waals surface area contributed by atoms with Gasteiger partial charge in [0.15, 0.2) is 5.78 Å². The Morgan fingerprint density at radius 1 is 1.33 bits per heavy atom. The van der Waals surface area contributed by atoms with Gasteiger partial charge in [-0.3, -0.25) is 9.69 Å². The standard InChI is InChI=1S/C16H23NO/c1-4-13-7-9-15(10-8-13)16(18)12(2)17(3)11-14-5-6-14/h7-10,12,14H,4-6,11H2,1-3H3. The minimum atomic E-state index is -0.0157. The molecule has 0 spiro atoms. The molecule has 2 nitrogen and oxygen atoms in total. The van der Waals surface area contributed by atoms with Crippen molar-refractivity contribution < 1.29 is 4.79 Å². The van der Waals surface area contributed by atoms with E-state index in [0.717, 1.165) is 24.4 Å². The van der Waals surface area contributed by atoms with Gasteiger partial charge in [0.05, 0.1) is 6.04 Å². The van der Waals surface area contributed by atoms with Crippen LogP contribution in [0.4, 0.5) is 0 Å². The summed E-state index contributed by atoms with van der Waals surface area (Å²) < 4.78 is 0. The molecular formula is C16H23NO. The quantitative estimate of drug-likeness (QED) is 0.718. The molecule has 1 unspecified atom stereocenters. The van der Waals surface area contributed by atoms with E-state index in [1.807, 2.05) is 19.1 Å².